The Morgan fingerprint density at radius 3 is 2.73 bits per heavy atom. The van der Waals surface area contributed by atoms with Gasteiger partial charge in [0, 0.05) is 45.0 Å². The Morgan fingerprint density at radius 1 is 1.31 bits per heavy atom. The minimum atomic E-state index is -0.856. The molecule has 2 N–H and O–H groups in total. The van der Waals surface area contributed by atoms with Crippen LogP contribution in [-0.4, -0.2) is 51.2 Å². The number of hydrogen-bond donors (Lipinski definition) is 2. The van der Waals surface area contributed by atoms with E-state index < -0.39 is 5.97 Å². The van der Waals surface area contributed by atoms with Gasteiger partial charge in [0.05, 0.1) is 6.33 Å². The lowest BCUT2D eigenvalue weighted by atomic mass is 10.0. The summed E-state index contributed by atoms with van der Waals surface area (Å²) in [4.78, 5) is 29.0. The van der Waals surface area contributed by atoms with Crippen LogP contribution in [0.15, 0.2) is 49.1 Å². The van der Waals surface area contributed by atoms with Crippen molar-refractivity contribution < 1.29 is 14.7 Å². The van der Waals surface area contributed by atoms with Crippen LogP contribution in [0.3, 0.4) is 0 Å². The number of aromatic nitrogens is 2. The number of nitrogens with zero attached hydrogens (tertiary/aromatic N) is 3. The average molecular weight is 358 g/mol. The van der Waals surface area contributed by atoms with Gasteiger partial charge < -0.3 is 19.9 Å². The molecule has 0 spiro atoms. The third-order valence-corrected chi connectivity index (χ3v) is 4.17. The summed E-state index contributed by atoms with van der Waals surface area (Å²) in [6.45, 7) is 1.41. The highest BCUT2D eigenvalue weighted by Crippen LogP contribution is 2.08. The first-order chi connectivity index (χ1) is 12.5. The van der Waals surface area contributed by atoms with Crippen molar-refractivity contribution >= 4 is 12.0 Å². The highest BCUT2D eigenvalue weighted by Gasteiger charge is 2.17. The number of benzene rings is 1. The Bertz CT molecular complexity index is 673. The quantitative estimate of drug-likeness (QED) is 0.683. The maximum atomic E-state index is 12.4. The third kappa shape index (κ3) is 6.96. The molecular weight excluding hydrogens is 332 g/mol. The van der Waals surface area contributed by atoms with E-state index in [1.807, 2.05) is 41.1 Å². The Kier molecular flexibility index (Phi) is 7.67. The summed E-state index contributed by atoms with van der Waals surface area (Å²) in [5.41, 5.74) is 1.07. The van der Waals surface area contributed by atoms with Crippen LogP contribution >= 0.6 is 0 Å². The molecule has 1 aromatic heterocycles. The Balaban J connectivity index is 1.83. The molecule has 0 aliphatic rings. The molecule has 0 saturated carbocycles. The Morgan fingerprint density at radius 2 is 2.08 bits per heavy atom. The molecule has 0 radical (unpaired) electrons. The second-order valence-electron chi connectivity index (χ2n) is 6.34. The summed E-state index contributed by atoms with van der Waals surface area (Å²) in [6, 6.07) is 9.38. The van der Waals surface area contributed by atoms with Gasteiger partial charge in [-0.3, -0.25) is 4.79 Å². The van der Waals surface area contributed by atoms with Crippen LogP contribution in [0.25, 0.3) is 0 Å². The maximum absolute atomic E-state index is 12.4. The monoisotopic (exact) mass is 358 g/mol. The zero-order valence-corrected chi connectivity index (χ0v) is 15.0. The highest BCUT2D eigenvalue weighted by atomic mass is 16.4. The first-order valence-electron chi connectivity index (χ1n) is 8.77. The molecule has 7 nitrogen and oxygen atoms in total. The van der Waals surface area contributed by atoms with Crippen molar-refractivity contribution in [2.75, 3.05) is 13.6 Å². The topological polar surface area (TPSA) is 87.5 Å². The Hall–Kier alpha value is -2.83. The van der Waals surface area contributed by atoms with E-state index in [9.17, 15) is 9.59 Å². The molecule has 0 saturated heterocycles. The van der Waals surface area contributed by atoms with Crippen molar-refractivity contribution in [3.05, 3.63) is 54.6 Å². The van der Waals surface area contributed by atoms with Crippen molar-refractivity contribution in [3.63, 3.8) is 0 Å². The van der Waals surface area contributed by atoms with Crippen molar-refractivity contribution in [2.45, 2.75) is 38.3 Å². The van der Waals surface area contributed by atoms with Gasteiger partial charge in [-0.15, -0.1) is 0 Å². The summed E-state index contributed by atoms with van der Waals surface area (Å²) in [7, 11) is 1.75. The number of urea groups is 1. The van der Waals surface area contributed by atoms with Crippen molar-refractivity contribution in [1.29, 1.82) is 0 Å². The fraction of sp³-hybridized carbons (Fsp3) is 0.421. The number of aryl methyl sites for hydroxylation is 1. The number of nitrogens with one attached hydrogen (secondary N) is 1. The molecule has 0 aliphatic heterocycles. The minimum absolute atomic E-state index is 0.0299. The number of imidazole rings is 1. The molecule has 0 bridgehead atoms. The summed E-state index contributed by atoms with van der Waals surface area (Å²) in [5, 5.41) is 11.9. The lowest BCUT2D eigenvalue weighted by molar-refractivity contribution is -0.137. The van der Waals surface area contributed by atoms with Crippen LogP contribution in [0.4, 0.5) is 4.79 Å². The fourth-order valence-electron chi connectivity index (χ4n) is 2.72. The van der Waals surface area contributed by atoms with Gasteiger partial charge in [-0.1, -0.05) is 30.3 Å². The van der Waals surface area contributed by atoms with Crippen molar-refractivity contribution in [1.82, 2.24) is 19.8 Å². The molecule has 1 unspecified atom stereocenters. The number of carboxylic acid groups (broad SMARTS) is 1. The molecule has 26 heavy (non-hydrogen) atoms. The van der Waals surface area contributed by atoms with E-state index in [1.54, 1.807) is 24.5 Å². The van der Waals surface area contributed by atoms with Gasteiger partial charge in [-0.25, -0.2) is 9.78 Å². The first-order valence-corrected chi connectivity index (χ1v) is 8.77. The lowest BCUT2D eigenvalue weighted by Gasteiger charge is -2.23. The number of rotatable bonds is 10. The van der Waals surface area contributed by atoms with E-state index in [2.05, 4.69) is 10.3 Å². The van der Waals surface area contributed by atoms with E-state index in [0.29, 0.717) is 19.4 Å². The predicted octanol–water partition coefficient (Wildman–Crippen LogP) is 2.39. The third-order valence-electron chi connectivity index (χ3n) is 4.17. The van der Waals surface area contributed by atoms with Crippen LogP contribution < -0.4 is 5.32 Å². The first kappa shape index (κ1) is 19.5. The second-order valence-corrected chi connectivity index (χ2v) is 6.34. The molecule has 2 amide bonds. The largest absolute Gasteiger partial charge is 0.481 e. The van der Waals surface area contributed by atoms with Crippen LogP contribution in [0, 0.1) is 0 Å². The zero-order valence-electron chi connectivity index (χ0n) is 15.0. The fourth-order valence-corrected chi connectivity index (χ4v) is 2.72. The van der Waals surface area contributed by atoms with Gasteiger partial charge in [-0.2, -0.15) is 0 Å². The van der Waals surface area contributed by atoms with Gasteiger partial charge in [0.1, 0.15) is 0 Å². The predicted molar refractivity (Wildman–Crippen MR) is 98.8 cm³/mol. The smallest absolute Gasteiger partial charge is 0.317 e. The number of carbonyl (C=O) groups is 2. The lowest BCUT2D eigenvalue weighted by Crippen LogP contribution is -2.44. The van der Waals surface area contributed by atoms with Gasteiger partial charge >= 0.3 is 12.0 Å². The molecule has 2 aromatic rings. The molecule has 1 aromatic carbocycles. The normalized spacial score (nSPS) is 11.7. The van der Waals surface area contributed by atoms with E-state index in [1.165, 1.54) is 0 Å². The van der Waals surface area contributed by atoms with E-state index in [4.69, 9.17) is 5.11 Å². The standard InChI is InChI=1S/C19H26N4O3/c1-22(11-5-12-23-13-10-20-15-23)19(26)21-17(8-9-18(24)25)14-16-6-3-2-4-7-16/h2-4,6-7,10,13,15,17H,5,8-9,11-12,14H2,1H3,(H,21,26)(H,24,25). The van der Waals surface area contributed by atoms with Crippen molar-refractivity contribution in [2.24, 2.45) is 0 Å². The highest BCUT2D eigenvalue weighted by molar-refractivity contribution is 5.74. The van der Waals surface area contributed by atoms with Crippen molar-refractivity contribution in [3.8, 4) is 0 Å². The van der Waals surface area contributed by atoms with Gasteiger partial charge in [0.25, 0.3) is 0 Å². The average Bonchev–Trinajstić information content (AvgIpc) is 3.13. The Labute approximate surface area is 153 Å². The molecule has 7 heteroatoms. The van der Waals surface area contributed by atoms with E-state index in [0.717, 1.165) is 18.5 Å². The van der Waals surface area contributed by atoms with Gasteiger partial charge in [0.15, 0.2) is 0 Å². The molecule has 0 aliphatic carbocycles. The number of amides is 2. The number of carboxylic acids is 1. The second kappa shape index (κ2) is 10.2. The van der Waals surface area contributed by atoms with Gasteiger partial charge in [-0.05, 0) is 24.8 Å². The molecule has 0 fully saturated rings. The SMILES string of the molecule is CN(CCCn1ccnc1)C(=O)NC(CCC(=O)O)Cc1ccccc1. The van der Waals surface area contributed by atoms with Gasteiger partial charge in [0.2, 0.25) is 0 Å². The zero-order chi connectivity index (χ0) is 18.8. The summed E-state index contributed by atoms with van der Waals surface area (Å²) < 4.78 is 1.97. The van der Waals surface area contributed by atoms with E-state index in [-0.39, 0.29) is 18.5 Å². The van der Waals surface area contributed by atoms with Crippen LogP contribution in [-0.2, 0) is 17.8 Å². The van der Waals surface area contributed by atoms with Crippen LogP contribution in [0.1, 0.15) is 24.8 Å². The molecule has 1 atom stereocenters. The molecule has 140 valence electrons. The molecular formula is C19H26N4O3. The maximum Gasteiger partial charge on any atom is 0.317 e. The van der Waals surface area contributed by atoms with E-state index >= 15 is 0 Å². The number of carbonyl (C=O) groups excluding carboxylic acids is 1. The number of aliphatic carboxylic acids is 1. The summed E-state index contributed by atoms with van der Waals surface area (Å²) >= 11 is 0. The van der Waals surface area contributed by atoms with Crippen LogP contribution in [0.5, 0.6) is 0 Å². The molecule has 1 heterocycles. The molecule has 2 rings (SSSR count). The van der Waals surface area contributed by atoms with Crippen LogP contribution in [0.2, 0.25) is 0 Å². The minimum Gasteiger partial charge on any atom is -0.481 e. The summed E-state index contributed by atoms with van der Waals surface area (Å²) in [6.07, 6.45) is 7.24. The summed E-state index contributed by atoms with van der Waals surface area (Å²) in [5.74, 6) is -0.856. The number of hydrogen-bond acceptors (Lipinski definition) is 3.